The standard InChI is InChI=1S/C22H32N2O3/c25-20-8-6-18(7-9-20)14-23-12-10-22(11-13-23)16-24(17-22)21(26)27-15-19-4-2-1-3-5-19/h1-5,18,20,25H,6-17H2. The summed E-state index contributed by atoms with van der Waals surface area (Å²) in [6.07, 6.45) is 6.43. The lowest BCUT2D eigenvalue weighted by atomic mass is 9.72. The number of ether oxygens (including phenoxy) is 1. The third-order valence-electron chi connectivity index (χ3n) is 6.77. The van der Waals surface area contributed by atoms with Crippen molar-refractivity contribution in [2.24, 2.45) is 11.3 Å². The molecule has 148 valence electrons. The molecule has 3 aliphatic rings. The maximum Gasteiger partial charge on any atom is 0.410 e. The summed E-state index contributed by atoms with van der Waals surface area (Å²) in [6, 6.07) is 9.85. The molecule has 1 aromatic rings. The number of carbonyl (C=O) groups is 1. The smallest absolute Gasteiger partial charge is 0.410 e. The lowest BCUT2D eigenvalue weighted by Gasteiger charge is -2.53. The van der Waals surface area contributed by atoms with E-state index >= 15 is 0 Å². The summed E-state index contributed by atoms with van der Waals surface area (Å²) in [7, 11) is 0. The van der Waals surface area contributed by atoms with Crippen molar-refractivity contribution < 1.29 is 14.6 Å². The maximum atomic E-state index is 12.3. The average Bonchev–Trinajstić information content (AvgIpc) is 2.68. The highest BCUT2D eigenvalue weighted by atomic mass is 16.6. The van der Waals surface area contributed by atoms with E-state index < -0.39 is 0 Å². The lowest BCUT2D eigenvalue weighted by molar-refractivity contribution is -0.0460. The largest absolute Gasteiger partial charge is 0.445 e. The molecule has 0 unspecified atom stereocenters. The molecule has 0 atom stereocenters. The third kappa shape index (κ3) is 4.64. The number of benzene rings is 1. The Bertz CT molecular complexity index is 612. The Morgan fingerprint density at radius 2 is 1.74 bits per heavy atom. The molecule has 1 amide bonds. The van der Waals surface area contributed by atoms with Gasteiger partial charge in [-0.25, -0.2) is 4.79 Å². The number of aliphatic hydroxyl groups excluding tert-OH is 1. The Morgan fingerprint density at radius 3 is 2.41 bits per heavy atom. The molecular formula is C22H32N2O3. The van der Waals surface area contributed by atoms with Gasteiger partial charge in [-0.1, -0.05) is 30.3 Å². The molecule has 2 aliphatic heterocycles. The maximum absolute atomic E-state index is 12.3. The average molecular weight is 373 g/mol. The molecule has 5 nitrogen and oxygen atoms in total. The number of carbonyl (C=O) groups excluding carboxylic acids is 1. The summed E-state index contributed by atoms with van der Waals surface area (Å²) in [6.45, 7) is 5.53. The van der Waals surface area contributed by atoms with Crippen molar-refractivity contribution in [3.05, 3.63) is 35.9 Å². The van der Waals surface area contributed by atoms with Gasteiger partial charge in [0.15, 0.2) is 0 Å². The highest BCUT2D eigenvalue weighted by Gasteiger charge is 2.47. The fraction of sp³-hybridized carbons (Fsp3) is 0.682. The summed E-state index contributed by atoms with van der Waals surface area (Å²) < 4.78 is 5.45. The van der Waals surface area contributed by atoms with Gasteiger partial charge >= 0.3 is 6.09 Å². The van der Waals surface area contributed by atoms with E-state index in [9.17, 15) is 9.90 Å². The van der Waals surface area contributed by atoms with Crippen LogP contribution in [0.3, 0.4) is 0 Å². The van der Waals surface area contributed by atoms with Crippen LogP contribution in [0.2, 0.25) is 0 Å². The number of hydrogen-bond acceptors (Lipinski definition) is 4. The van der Waals surface area contributed by atoms with E-state index in [0.29, 0.717) is 12.0 Å². The van der Waals surface area contributed by atoms with Gasteiger partial charge in [0.1, 0.15) is 6.61 Å². The second-order valence-electron chi connectivity index (χ2n) is 8.87. The zero-order valence-electron chi connectivity index (χ0n) is 16.2. The minimum absolute atomic E-state index is 0.0616. The molecular weight excluding hydrogens is 340 g/mol. The van der Waals surface area contributed by atoms with Crippen molar-refractivity contribution in [3.63, 3.8) is 0 Å². The van der Waals surface area contributed by atoms with Crippen LogP contribution in [0.15, 0.2) is 30.3 Å². The van der Waals surface area contributed by atoms with Crippen LogP contribution in [-0.4, -0.2) is 59.8 Å². The van der Waals surface area contributed by atoms with Gasteiger partial charge in [0.2, 0.25) is 0 Å². The summed E-state index contributed by atoms with van der Waals surface area (Å²) >= 11 is 0. The second-order valence-corrected chi connectivity index (χ2v) is 8.87. The molecule has 0 bridgehead atoms. The first kappa shape index (κ1) is 18.8. The third-order valence-corrected chi connectivity index (χ3v) is 6.77. The summed E-state index contributed by atoms with van der Waals surface area (Å²) in [4.78, 5) is 16.7. The van der Waals surface area contributed by atoms with E-state index in [4.69, 9.17) is 4.74 Å². The summed E-state index contributed by atoms with van der Waals surface area (Å²) in [5.41, 5.74) is 1.36. The van der Waals surface area contributed by atoms with Crippen LogP contribution in [0.5, 0.6) is 0 Å². The molecule has 5 heteroatoms. The van der Waals surface area contributed by atoms with Crippen molar-refractivity contribution >= 4 is 6.09 Å². The number of hydrogen-bond donors (Lipinski definition) is 1. The van der Waals surface area contributed by atoms with E-state index in [0.717, 1.165) is 50.5 Å². The normalized spacial score (nSPS) is 28.0. The van der Waals surface area contributed by atoms with Crippen LogP contribution in [0.1, 0.15) is 44.1 Å². The van der Waals surface area contributed by atoms with Gasteiger partial charge in [0.05, 0.1) is 6.10 Å². The number of piperidine rings is 1. The van der Waals surface area contributed by atoms with Gasteiger partial charge in [-0.3, -0.25) is 0 Å². The predicted octanol–water partition coefficient (Wildman–Crippen LogP) is 3.27. The molecule has 2 heterocycles. The fourth-order valence-corrected chi connectivity index (χ4v) is 4.92. The van der Waals surface area contributed by atoms with Crippen LogP contribution in [0.25, 0.3) is 0 Å². The number of amides is 1. The van der Waals surface area contributed by atoms with E-state index in [2.05, 4.69) is 4.90 Å². The van der Waals surface area contributed by atoms with E-state index in [1.165, 1.54) is 32.2 Å². The summed E-state index contributed by atoms with van der Waals surface area (Å²) in [5, 5.41) is 9.66. The minimum atomic E-state index is -0.173. The quantitative estimate of drug-likeness (QED) is 0.881. The molecule has 2 saturated heterocycles. The monoisotopic (exact) mass is 372 g/mol. The van der Waals surface area contributed by atoms with E-state index in [-0.39, 0.29) is 12.2 Å². The Labute approximate surface area is 162 Å². The van der Waals surface area contributed by atoms with Crippen LogP contribution in [-0.2, 0) is 11.3 Å². The highest BCUT2D eigenvalue weighted by Crippen LogP contribution is 2.41. The number of rotatable bonds is 4. The van der Waals surface area contributed by atoms with Gasteiger partial charge in [0, 0.05) is 25.0 Å². The first-order chi connectivity index (χ1) is 13.1. The van der Waals surface area contributed by atoms with Gasteiger partial charge in [-0.15, -0.1) is 0 Å². The fourth-order valence-electron chi connectivity index (χ4n) is 4.92. The molecule has 1 aromatic carbocycles. The first-order valence-corrected chi connectivity index (χ1v) is 10.5. The minimum Gasteiger partial charge on any atom is -0.445 e. The highest BCUT2D eigenvalue weighted by molar-refractivity contribution is 5.69. The van der Waals surface area contributed by atoms with E-state index in [1.807, 2.05) is 35.2 Å². The van der Waals surface area contributed by atoms with E-state index in [1.54, 1.807) is 0 Å². The summed E-state index contributed by atoms with van der Waals surface area (Å²) in [5.74, 6) is 0.758. The van der Waals surface area contributed by atoms with Gasteiger partial charge in [0.25, 0.3) is 0 Å². The number of likely N-dealkylation sites (tertiary alicyclic amines) is 2. The first-order valence-electron chi connectivity index (χ1n) is 10.5. The van der Waals surface area contributed by atoms with Crippen LogP contribution < -0.4 is 0 Å². The Balaban J connectivity index is 1.16. The molecule has 27 heavy (non-hydrogen) atoms. The molecule has 0 aromatic heterocycles. The lowest BCUT2D eigenvalue weighted by Crippen LogP contribution is -2.62. The van der Waals surface area contributed by atoms with Crippen LogP contribution in [0, 0.1) is 11.3 Å². The van der Waals surface area contributed by atoms with Crippen molar-refractivity contribution in [1.29, 1.82) is 0 Å². The molecule has 4 rings (SSSR count). The number of nitrogens with zero attached hydrogens (tertiary/aromatic N) is 2. The molecule has 3 fully saturated rings. The Morgan fingerprint density at radius 1 is 1.07 bits per heavy atom. The second kappa shape index (κ2) is 8.19. The van der Waals surface area contributed by atoms with Crippen LogP contribution in [0.4, 0.5) is 4.79 Å². The molecule has 1 saturated carbocycles. The Kier molecular flexibility index (Phi) is 5.69. The van der Waals surface area contributed by atoms with Crippen molar-refractivity contribution in [2.45, 2.75) is 51.2 Å². The molecule has 1 spiro atoms. The molecule has 1 N–H and O–H groups in total. The van der Waals surface area contributed by atoms with Crippen molar-refractivity contribution in [2.75, 3.05) is 32.7 Å². The van der Waals surface area contributed by atoms with Crippen molar-refractivity contribution in [1.82, 2.24) is 9.80 Å². The predicted molar refractivity (Wildman–Crippen MR) is 104 cm³/mol. The molecule has 0 radical (unpaired) electrons. The topological polar surface area (TPSA) is 53.0 Å². The zero-order valence-corrected chi connectivity index (χ0v) is 16.2. The zero-order chi connectivity index (χ0) is 18.7. The van der Waals surface area contributed by atoms with Crippen molar-refractivity contribution in [3.8, 4) is 0 Å². The van der Waals surface area contributed by atoms with Crippen LogP contribution >= 0.6 is 0 Å². The van der Waals surface area contributed by atoms with Gasteiger partial charge in [-0.2, -0.15) is 0 Å². The van der Waals surface area contributed by atoms with Gasteiger partial charge in [-0.05, 0) is 63.1 Å². The molecule has 1 aliphatic carbocycles. The van der Waals surface area contributed by atoms with Gasteiger partial charge < -0.3 is 19.6 Å². The number of aliphatic hydroxyl groups is 1. The SMILES string of the molecule is O=C(OCc1ccccc1)N1CC2(CCN(CC3CCC(O)CC3)CC2)C1. The Hall–Kier alpha value is -1.59.